The van der Waals surface area contributed by atoms with Crippen LogP contribution in [0.25, 0.3) is 0 Å². The molecular formula is C9H15N3O3S. The summed E-state index contributed by atoms with van der Waals surface area (Å²) in [6.07, 6.45) is 0. The van der Waals surface area contributed by atoms with Gasteiger partial charge in [0.15, 0.2) is 0 Å². The molecule has 1 rings (SSSR count). The predicted octanol–water partition coefficient (Wildman–Crippen LogP) is -0.371. The molecule has 1 aromatic rings. The number of aliphatic hydroxyl groups excluding tert-OH is 1. The van der Waals surface area contributed by atoms with Crippen LogP contribution in [0.4, 0.5) is 11.4 Å². The van der Waals surface area contributed by atoms with Gasteiger partial charge in [0.1, 0.15) is 0 Å². The third kappa shape index (κ3) is 2.84. The molecule has 90 valence electrons. The summed E-state index contributed by atoms with van der Waals surface area (Å²) in [6.45, 7) is 1.88. The number of nitrogen functional groups attached to an aromatic ring is 1. The zero-order chi connectivity index (χ0) is 12.3. The molecular weight excluding hydrogens is 230 g/mol. The lowest BCUT2D eigenvalue weighted by Crippen LogP contribution is -2.16. The molecule has 0 aromatic heterocycles. The van der Waals surface area contributed by atoms with Gasteiger partial charge in [0.25, 0.3) is 0 Å². The van der Waals surface area contributed by atoms with E-state index in [-0.39, 0.29) is 11.5 Å². The Labute approximate surface area is 94.3 Å². The second kappa shape index (κ2) is 4.69. The quantitative estimate of drug-likeness (QED) is 0.540. The number of hydrogen-bond donors (Lipinski definition) is 4. The number of anilines is 2. The summed E-state index contributed by atoms with van der Waals surface area (Å²) in [4.78, 5) is -0.00654. The molecule has 0 saturated heterocycles. The standard InChI is InChI=1S/C9H15N3O3S/c1-6-8(12-2-3-13)4-7(10)5-9(6)16(11,14)15/h4-5,12-13H,2-3,10H2,1H3,(H2,11,14,15). The van der Waals surface area contributed by atoms with Crippen LogP contribution in [0.2, 0.25) is 0 Å². The van der Waals surface area contributed by atoms with Gasteiger partial charge >= 0.3 is 0 Å². The van der Waals surface area contributed by atoms with Gasteiger partial charge in [-0.1, -0.05) is 0 Å². The van der Waals surface area contributed by atoms with E-state index >= 15 is 0 Å². The molecule has 1 aromatic carbocycles. The lowest BCUT2D eigenvalue weighted by molar-refractivity contribution is 0.311. The molecule has 0 atom stereocenters. The fourth-order valence-electron chi connectivity index (χ4n) is 1.38. The van der Waals surface area contributed by atoms with Crippen LogP contribution in [0.3, 0.4) is 0 Å². The molecule has 0 saturated carbocycles. The Kier molecular flexibility index (Phi) is 3.74. The van der Waals surface area contributed by atoms with Crippen molar-refractivity contribution in [2.75, 3.05) is 24.2 Å². The maximum absolute atomic E-state index is 11.3. The van der Waals surface area contributed by atoms with E-state index in [1.165, 1.54) is 6.07 Å². The molecule has 7 heteroatoms. The van der Waals surface area contributed by atoms with Gasteiger partial charge < -0.3 is 16.2 Å². The number of nitrogens with one attached hydrogen (secondary N) is 1. The Balaban J connectivity index is 3.27. The van der Waals surface area contributed by atoms with Crippen molar-refractivity contribution in [3.8, 4) is 0 Å². The van der Waals surface area contributed by atoms with Crippen LogP contribution in [-0.4, -0.2) is 26.7 Å². The monoisotopic (exact) mass is 245 g/mol. The molecule has 0 unspecified atom stereocenters. The van der Waals surface area contributed by atoms with Crippen LogP contribution < -0.4 is 16.2 Å². The first-order chi connectivity index (χ1) is 7.36. The molecule has 0 amide bonds. The third-order valence-corrected chi connectivity index (χ3v) is 3.15. The topological polar surface area (TPSA) is 118 Å². The summed E-state index contributed by atoms with van der Waals surface area (Å²) < 4.78 is 22.6. The minimum atomic E-state index is -3.79. The molecule has 16 heavy (non-hydrogen) atoms. The summed E-state index contributed by atoms with van der Waals surface area (Å²) in [5.74, 6) is 0. The molecule has 0 radical (unpaired) electrons. The second-order valence-electron chi connectivity index (χ2n) is 3.39. The highest BCUT2D eigenvalue weighted by atomic mass is 32.2. The highest BCUT2D eigenvalue weighted by Gasteiger charge is 2.15. The molecule has 6 nitrogen and oxygen atoms in total. The van der Waals surface area contributed by atoms with Crippen molar-refractivity contribution >= 4 is 21.4 Å². The normalized spacial score (nSPS) is 11.4. The Hall–Kier alpha value is -1.31. The summed E-state index contributed by atoms with van der Waals surface area (Å²) >= 11 is 0. The predicted molar refractivity (Wildman–Crippen MR) is 62.5 cm³/mol. The van der Waals surface area contributed by atoms with Crippen molar-refractivity contribution in [3.63, 3.8) is 0 Å². The number of hydrogen-bond acceptors (Lipinski definition) is 5. The van der Waals surface area contributed by atoms with Crippen molar-refractivity contribution in [2.45, 2.75) is 11.8 Å². The van der Waals surface area contributed by atoms with Gasteiger partial charge in [-0.25, -0.2) is 13.6 Å². The first-order valence-electron chi connectivity index (χ1n) is 4.64. The Morgan fingerprint density at radius 1 is 1.44 bits per heavy atom. The molecule has 0 bridgehead atoms. The van der Waals surface area contributed by atoms with Gasteiger partial charge in [-0.3, -0.25) is 0 Å². The molecule has 6 N–H and O–H groups in total. The van der Waals surface area contributed by atoms with Crippen LogP contribution in [0.5, 0.6) is 0 Å². The van der Waals surface area contributed by atoms with E-state index in [9.17, 15) is 8.42 Å². The van der Waals surface area contributed by atoms with Crippen molar-refractivity contribution in [1.29, 1.82) is 0 Å². The smallest absolute Gasteiger partial charge is 0.238 e. The first kappa shape index (κ1) is 12.8. The molecule has 0 aliphatic rings. The number of benzene rings is 1. The van der Waals surface area contributed by atoms with Gasteiger partial charge in [-0.15, -0.1) is 0 Å². The second-order valence-corrected chi connectivity index (χ2v) is 4.92. The molecule has 0 heterocycles. The number of rotatable bonds is 4. The SMILES string of the molecule is Cc1c(NCCO)cc(N)cc1S(N)(=O)=O. The largest absolute Gasteiger partial charge is 0.399 e. The highest BCUT2D eigenvalue weighted by Crippen LogP contribution is 2.25. The van der Waals surface area contributed by atoms with Gasteiger partial charge in [-0.2, -0.15) is 0 Å². The van der Waals surface area contributed by atoms with E-state index in [4.69, 9.17) is 16.0 Å². The number of aliphatic hydroxyl groups is 1. The van der Waals surface area contributed by atoms with E-state index in [0.717, 1.165) is 0 Å². The Bertz CT molecular complexity index is 485. The van der Waals surface area contributed by atoms with Gasteiger partial charge in [0, 0.05) is 17.9 Å². The lowest BCUT2D eigenvalue weighted by Gasteiger charge is -2.12. The van der Waals surface area contributed by atoms with Crippen molar-refractivity contribution in [2.24, 2.45) is 5.14 Å². The molecule has 0 spiro atoms. The average molecular weight is 245 g/mol. The number of nitrogens with two attached hydrogens (primary N) is 2. The van der Waals surface area contributed by atoms with Crippen molar-refractivity contribution in [3.05, 3.63) is 17.7 Å². The van der Waals surface area contributed by atoms with Gasteiger partial charge in [0.2, 0.25) is 10.0 Å². The summed E-state index contributed by atoms with van der Waals surface area (Å²) in [5, 5.41) is 16.6. The van der Waals surface area contributed by atoms with Crippen molar-refractivity contribution < 1.29 is 13.5 Å². The van der Waals surface area contributed by atoms with E-state index in [2.05, 4.69) is 5.32 Å². The van der Waals surface area contributed by atoms with E-state index in [1.807, 2.05) is 0 Å². The zero-order valence-corrected chi connectivity index (χ0v) is 9.71. The van der Waals surface area contributed by atoms with Crippen LogP contribution in [-0.2, 0) is 10.0 Å². The van der Waals surface area contributed by atoms with Crippen LogP contribution in [0.1, 0.15) is 5.56 Å². The zero-order valence-electron chi connectivity index (χ0n) is 8.90. The fourth-order valence-corrected chi connectivity index (χ4v) is 2.22. The first-order valence-corrected chi connectivity index (χ1v) is 6.18. The van der Waals surface area contributed by atoms with Gasteiger partial charge in [0.05, 0.1) is 11.5 Å². The average Bonchev–Trinajstić information content (AvgIpc) is 2.17. The number of primary sulfonamides is 1. The van der Waals surface area contributed by atoms with Crippen LogP contribution >= 0.6 is 0 Å². The molecule has 0 fully saturated rings. The maximum atomic E-state index is 11.3. The van der Waals surface area contributed by atoms with E-state index in [0.29, 0.717) is 23.5 Å². The third-order valence-electron chi connectivity index (χ3n) is 2.12. The van der Waals surface area contributed by atoms with E-state index < -0.39 is 10.0 Å². The highest BCUT2D eigenvalue weighted by molar-refractivity contribution is 7.89. The minimum absolute atomic E-state index is 0.00654. The maximum Gasteiger partial charge on any atom is 0.238 e. The fraction of sp³-hybridized carbons (Fsp3) is 0.333. The lowest BCUT2D eigenvalue weighted by atomic mass is 10.2. The summed E-state index contributed by atoms with van der Waals surface area (Å²) in [6, 6.07) is 2.91. The number of sulfonamides is 1. The van der Waals surface area contributed by atoms with Crippen LogP contribution in [0, 0.1) is 6.92 Å². The molecule has 0 aliphatic heterocycles. The van der Waals surface area contributed by atoms with Crippen molar-refractivity contribution in [1.82, 2.24) is 0 Å². The van der Waals surface area contributed by atoms with Gasteiger partial charge in [-0.05, 0) is 24.6 Å². The van der Waals surface area contributed by atoms with Crippen LogP contribution in [0.15, 0.2) is 17.0 Å². The Morgan fingerprint density at radius 2 is 2.06 bits per heavy atom. The summed E-state index contributed by atoms with van der Waals surface area (Å²) in [5.41, 5.74) is 6.92. The molecule has 0 aliphatic carbocycles. The minimum Gasteiger partial charge on any atom is -0.399 e. The van der Waals surface area contributed by atoms with E-state index in [1.54, 1.807) is 13.0 Å². The Morgan fingerprint density at radius 3 is 2.56 bits per heavy atom. The summed E-state index contributed by atoms with van der Waals surface area (Å²) in [7, 11) is -3.79.